The molecular weight excluding hydrogens is 208 g/mol. The Morgan fingerprint density at radius 1 is 1.25 bits per heavy atom. The predicted octanol–water partition coefficient (Wildman–Crippen LogP) is 4.77. The molecule has 2 rings (SSSR count). The lowest BCUT2D eigenvalue weighted by Crippen LogP contribution is -2.11. The summed E-state index contributed by atoms with van der Waals surface area (Å²) < 4.78 is 0. The highest BCUT2D eigenvalue weighted by atomic mass is 28.2. The average Bonchev–Trinajstić information content (AvgIpc) is 2.53. The highest BCUT2D eigenvalue weighted by Crippen LogP contribution is 2.42. The zero-order valence-electron chi connectivity index (χ0n) is 11.2. The van der Waals surface area contributed by atoms with Gasteiger partial charge in [-0.15, -0.1) is 0 Å². The Labute approximate surface area is 103 Å². The molecule has 0 saturated heterocycles. The van der Waals surface area contributed by atoms with Crippen LogP contribution in [0.1, 0.15) is 53.4 Å². The van der Waals surface area contributed by atoms with Crippen LogP contribution in [-0.2, 0) is 0 Å². The van der Waals surface area contributed by atoms with Gasteiger partial charge in [0.05, 0.1) is 0 Å². The van der Waals surface area contributed by atoms with Crippen LogP contribution in [0.5, 0.6) is 0 Å². The second kappa shape index (κ2) is 4.52. The third-order valence-corrected chi connectivity index (χ3v) is 5.46. The first-order valence-corrected chi connectivity index (χ1v) is 7.85. The molecule has 0 nitrogen and oxygen atoms in total. The van der Waals surface area contributed by atoms with Gasteiger partial charge in [-0.05, 0) is 48.3 Å². The van der Waals surface area contributed by atoms with E-state index in [2.05, 4.69) is 33.8 Å². The third-order valence-electron chi connectivity index (χ3n) is 3.82. The van der Waals surface area contributed by atoms with Crippen LogP contribution in [0, 0.1) is 5.92 Å². The molecule has 0 amide bonds. The van der Waals surface area contributed by atoms with E-state index >= 15 is 0 Å². The topological polar surface area (TPSA) is 0 Å². The van der Waals surface area contributed by atoms with Gasteiger partial charge in [-0.1, -0.05) is 44.9 Å². The van der Waals surface area contributed by atoms with E-state index < -0.39 is 0 Å². The molecule has 0 spiro atoms. The van der Waals surface area contributed by atoms with Crippen LogP contribution in [-0.4, -0.2) is 9.52 Å². The van der Waals surface area contributed by atoms with E-state index in [0.717, 1.165) is 15.4 Å². The SMILES string of the molecule is CC1C(C[Si]C(C)(C)C)=CC2=C1CCCC2. The molecule has 0 aromatic carbocycles. The summed E-state index contributed by atoms with van der Waals surface area (Å²) in [5.41, 5.74) is 5.20. The minimum atomic E-state index is 0.504. The molecule has 2 aliphatic carbocycles. The molecule has 1 atom stereocenters. The first-order valence-electron chi connectivity index (χ1n) is 6.65. The summed E-state index contributed by atoms with van der Waals surface area (Å²) in [5.74, 6) is 0.769. The number of rotatable bonds is 2. The molecule has 1 unspecified atom stereocenters. The molecule has 16 heavy (non-hydrogen) atoms. The summed E-state index contributed by atoms with van der Waals surface area (Å²) in [6.07, 6.45) is 8.09. The summed E-state index contributed by atoms with van der Waals surface area (Å²) in [6, 6.07) is 1.33. The molecule has 0 heterocycles. The highest BCUT2D eigenvalue weighted by molar-refractivity contribution is 6.40. The van der Waals surface area contributed by atoms with Crippen molar-refractivity contribution in [3.63, 3.8) is 0 Å². The van der Waals surface area contributed by atoms with E-state index in [0.29, 0.717) is 5.04 Å². The van der Waals surface area contributed by atoms with E-state index in [1.807, 2.05) is 0 Å². The van der Waals surface area contributed by atoms with Gasteiger partial charge in [0.1, 0.15) is 0 Å². The summed E-state index contributed by atoms with van der Waals surface area (Å²) in [7, 11) is 1.07. The van der Waals surface area contributed by atoms with E-state index in [9.17, 15) is 0 Å². The molecule has 0 aromatic rings. The Hall–Kier alpha value is -0.303. The van der Waals surface area contributed by atoms with Crippen molar-refractivity contribution in [3.05, 3.63) is 22.8 Å². The fourth-order valence-electron chi connectivity index (χ4n) is 2.76. The Kier molecular flexibility index (Phi) is 3.44. The smallest absolute Gasteiger partial charge is 0.0490 e. The quantitative estimate of drug-likeness (QED) is 0.601. The lowest BCUT2D eigenvalue weighted by Gasteiger charge is -2.21. The number of hydrogen-bond acceptors (Lipinski definition) is 0. The van der Waals surface area contributed by atoms with Crippen molar-refractivity contribution in [2.24, 2.45) is 5.92 Å². The summed E-state index contributed by atoms with van der Waals surface area (Å²) in [5, 5.41) is 0.504. The van der Waals surface area contributed by atoms with Crippen molar-refractivity contribution in [1.29, 1.82) is 0 Å². The Bertz CT molecular complexity index is 328. The maximum atomic E-state index is 2.54. The number of allylic oxidation sites excluding steroid dienone is 4. The van der Waals surface area contributed by atoms with Crippen molar-refractivity contribution < 1.29 is 0 Å². The van der Waals surface area contributed by atoms with Gasteiger partial charge in [0.25, 0.3) is 0 Å². The van der Waals surface area contributed by atoms with Crippen LogP contribution in [0.15, 0.2) is 22.8 Å². The lowest BCUT2D eigenvalue weighted by atomic mass is 9.88. The average molecular weight is 232 g/mol. The normalized spacial score (nSPS) is 25.8. The molecule has 0 aromatic heterocycles. The molecule has 0 aliphatic heterocycles. The van der Waals surface area contributed by atoms with Crippen molar-refractivity contribution in [1.82, 2.24) is 0 Å². The molecule has 0 saturated carbocycles. The van der Waals surface area contributed by atoms with Gasteiger partial charge in [-0.25, -0.2) is 0 Å². The Balaban J connectivity index is 1.99. The van der Waals surface area contributed by atoms with Gasteiger partial charge < -0.3 is 0 Å². The Morgan fingerprint density at radius 2 is 1.94 bits per heavy atom. The minimum absolute atomic E-state index is 0.504. The largest absolute Gasteiger partial charge is 0.0661 e. The summed E-state index contributed by atoms with van der Waals surface area (Å²) in [4.78, 5) is 0. The second-order valence-electron chi connectivity index (χ2n) is 6.30. The van der Waals surface area contributed by atoms with Crippen LogP contribution in [0.25, 0.3) is 0 Å². The standard InChI is InChI=1S/C15H24Si/c1-11-13(10-16-15(2,3)4)9-12-7-5-6-8-14(11)12/h9,11H,5-8,10H2,1-4H3. The minimum Gasteiger partial charge on any atom is -0.0661 e. The van der Waals surface area contributed by atoms with Gasteiger partial charge in [0.15, 0.2) is 0 Å². The van der Waals surface area contributed by atoms with Crippen molar-refractivity contribution >= 4 is 9.52 Å². The first kappa shape index (κ1) is 12.2. The summed E-state index contributed by atoms with van der Waals surface area (Å²) >= 11 is 0. The predicted molar refractivity (Wildman–Crippen MR) is 73.0 cm³/mol. The van der Waals surface area contributed by atoms with E-state index in [-0.39, 0.29) is 0 Å². The molecule has 0 fully saturated rings. The molecular formula is C15H24Si. The third kappa shape index (κ3) is 2.68. The van der Waals surface area contributed by atoms with E-state index in [1.54, 1.807) is 16.7 Å². The fraction of sp³-hybridized carbons (Fsp3) is 0.733. The van der Waals surface area contributed by atoms with Gasteiger partial charge in [-0.2, -0.15) is 0 Å². The molecule has 2 radical (unpaired) electrons. The van der Waals surface area contributed by atoms with Crippen LogP contribution in [0.4, 0.5) is 0 Å². The zero-order valence-corrected chi connectivity index (χ0v) is 12.2. The van der Waals surface area contributed by atoms with E-state index in [1.165, 1.54) is 31.7 Å². The van der Waals surface area contributed by atoms with Gasteiger partial charge in [0.2, 0.25) is 0 Å². The molecule has 1 heteroatoms. The monoisotopic (exact) mass is 232 g/mol. The second-order valence-corrected chi connectivity index (χ2v) is 8.51. The maximum absolute atomic E-state index is 2.54. The fourth-order valence-corrected chi connectivity index (χ4v) is 3.90. The molecule has 0 bridgehead atoms. The zero-order chi connectivity index (χ0) is 11.8. The molecule has 2 aliphatic rings. The first-order chi connectivity index (χ1) is 7.47. The van der Waals surface area contributed by atoms with Gasteiger partial charge in [0, 0.05) is 9.52 Å². The molecule has 0 N–H and O–H groups in total. The van der Waals surface area contributed by atoms with Crippen molar-refractivity contribution in [2.45, 2.75) is 64.5 Å². The Morgan fingerprint density at radius 3 is 2.56 bits per heavy atom. The summed E-state index contributed by atoms with van der Waals surface area (Å²) in [6.45, 7) is 9.50. The van der Waals surface area contributed by atoms with Crippen LogP contribution in [0.2, 0.25) is 11.1 Å². The lowest BCUT2D eigenvalue weighted by molar-refractivity contribution is 0.635. The van der Waals surface area contributed by atoms with E-state index in [4.69, 9.17) is 0 Å². The van der Waals surface area contributed by atoms with Gasteiger partial charge in [-0.3, -0.25) is 0 Å². The molecule has 88 valence electrons. The number of hydrogen-bond donors (Lipinski definition) is 0. The highest BCUT2D eigenvalue weighted by Gasteiger charge is 2.26. The van der Waals surface area contributed by atoms with Crippen LogP contribution < -0.4 is 0 Å². The van der Waals surface area contributed by atoms with Gasteiger partial charge >= 0.3 is 0 Å². The van der Waals surface area contributed by atoms with Crippen LogP contribution >= 0.6 is 0 Å². The van der Waals surface area contributed by atoms with Crippen molar-refractivity contribution in [2.75, 3.05) is 0 Å². The van der Waals surface area contributed by atoms with Crippen LogP contribution in [0.3, 0.4) is 0 Å². The van der Waals surface area contributed by atoms with Crippen molar-refractivity contribution in [3.8, 4) is 0 Å². The maximum Gasteiger partial charge on any atom is 0.0490 e.